The minimum Gasteiger partial charge on any atom is -0.405 e. The first-order chi connectivity index (χ1) is 13.3. The van der Waals surface area contributed by atoms with E-state index in [-0.39, 0.29) is 23.7 Å². The van der Waals surface area contributed by atoms with Gasteiger partial charge < -0.3 is 10.1 Å². The van der Waals surface area contributed by atoms with E-state index in [0.29, 0.717) is 6.07 Å². The van der Waals surface area contributed by atoms with Gasteiger partial charge in [-0.15, -0.1) is 13.2 Å². The van der Waals surface area contributed by atoms with Crippen LogP contribution in [0, 0.1) is 0 Å². The summed E-state index contributed by atoms with van der Waals surface area (Å²) < 4.78 is 80.6. The number of nitrogens with one attached hydrogen (secondary N) is 1. The predicted molar refractivity (Wildman–Crippen MR) is 94.5 cm³/mol. The lowest BCUT2D eigenvalue weighted by Gasteiger charge is -2.20. The Hall–Kier alpha value is -2.46. The Morgan fingerprint density at radius 1 is 1.10 bits per heavy atom. The Labute approximate surface area is 167 Å². The van der Waals surface area contributed by atoms with Crippen LogP contribution in [0.1, 0.15) is 11.1 Å². The second-order valence-corrected chi connectivity index (χ2v) is 6.50. The fourth-order valence-electron chi connectivity index (χ4n) is 2.50. The Morgan fingerprint density at radius 3 is 2.38 bits per heavy atom. The van der Waals surface area contributed by atoms with Crippen LogP contribution in [-0.4, -0.2) is 30.8 Å². The predicted octanol–water partition coefficient (Wildman–Crippen LogP) is 5.33. The number of para-hydroxylation sites is 1. The smallest absolute Gasteiger partial charge is 0.405 e. The molecule has 1 N–H and O–H groups in total. The summed E-state index contributed by atoms with van der Waals surface area (Å²) in [6.45, 7) is -0.479. The summed E-state index contributed by atoms with van der Waals surface area (Å²) in [7, 11) is 1.43. The Bertz CT molecular complexity index is 870. The molecular weight excluding hydrogens is 426 g/mol. The lowest BCUT2D eigenvalue weighted by molar-refractivity contribution is -0.275. The Balaban J connectivity index is 2.06. The number of benzene rings is 2. The number of anilines is 1. The van der Waals surface area contributed by atoms with Crippen molar-refractivity contribution in [1.29, 1.82) is 0 Å². The first-order valence-corrected chi connectivity index (χ1v) is 8.42. The molecule has 4 nitrogen and oxygen atoms in total. The van der Waals surface area contributed by atoms with E-state index in [4.69, 9.17) is 11.6 Å². The minimum atomic E-state index is -4.88. The highest BCUT2D eigenvalue weighted by molar-refractivity contribution is 6.30. The highest BCUT2D eigenvalue weighted by atomic mass is 35.5. The van der Waals surface area contributed by atoms with Gasteiger partial charge in [0.1, 0.15) is 5.75 Å². The van der Waals surface area contributed by atoms with Gasteiger partial charge in [0.2, 0.25) is 5.91 Å². The molecule has 0 aliphatic heterocycles. The first kappa shape index (κ1) is 22.8. The Morgan fingerprint density at radius 2 is 1.76 bits per heavy atom. The molecule has 2 rings (SSSR count). The van der Waals surface area contributed by atoms with Crippen LogP contribution in [0.15, 0.2) is 42.5 Å². The van der Waals surface area contributed by atoms with Crippen LogP contribution in [-0.2, 0) is 17.5 Å². The molecule has 0 heterocycles. The van der Waals surface area contributed by atoms with Crippen LogP contribution in [0.25, 0.3) is 0 Å². The maximum atomic E-state index is 13.1. The van der Waals surface area contributed by atoms with Crippen LogP contribution in [0.2, 0.25) is 5.02 Å². The van der Waals surface area contributed by atoms with Gasteiger partial charge in [-0.05, 0) is 31.3 Å². The second kappa shape index (κ2) is 8.91. The van der Waals surface area contributed by atoms with Crippen LogP contribution < -0.4 is 10.1 Å². The van der Waals surface area contributed by atoms with Crippen molar-refractivity contribution in [3.63, 3.8) is 0 Å². The van der Waals surface area contributed by atoms with E-state index < -0.39 is 35.4 Å². The maximum Gasteiger partial charge on any atom is 0.573 e. The lowest BCUT2D eigenvalue weighted by Crippen LogP contribution is -2.31. The van der Waals surface area contributed by atoms with Crippen LogP contribution in [0.5, 0.6) is 5.75 Å². The van der Waals surface area contributed by atoms with Gasteiger partial charge in [0.25, 0.3) is 0 Å². The number of carbonyl (C=O) groups is 1. The van der Waals surface area contributed by atoms with Crippen molar-refractivity contribution in [3.8, 4) is 5.75 Å². The number of hydrogen-bond acceptors (Lipinski definition) is 3. The number of amides is 1. The molecule has 1 amide bonds. The summed E-state index contributed by atoms with van der Waals surface area (Å²) in [6.07, 6.45) is -9.61. The van der Waals surface area contributed by atoms with Gasteiger partial charge in [-0.25, -0.2) is 0 Å². The molecule has 0 fully saturated rings. The third-order valence-corrected chi connectivity index (χ3v) is 3.85. The van der Waals surface area contributed by atoms with E-state index in [1.54, 1.807) is 0 Å². The Kier molecular flexibility index (Phi) is 7.02. The van der Waals surface area contributed by atoms with E-state index in [0.717, 1.165) is 12.1 Å². The molecule has 0 aliphatic carbocycles. The summed E-state index contributed by atoms with van der Waals surface area (Å²) >= 11 is 5.58. The van der Waals surface area contributed by atoms with Crippen molar-refractivity contribution >= 4 is 23.2 Å². The monoisotopic (exact) mass is 440 g/mol. The second-order valence-electron chi connectivity index (χ2n) is 6.06. The molecule has 158 valence electrons. The van der Waals surface area contributed by atoms with Gasteiger partial charge in [0, 0.05) is 17.1 Å². The molecule has 0 unspecified atom stereocenters. The van der Waals surface area contributed by atoms with E-state index in [9.17, 15) is 31.1 Å². The zero-order chi connectivity index (χ0) is 21.8. The SMILES string of the molecule is CN(CC(=O)Nc1ccc(Cl)cc1C(F)(F)F)Cc1ccccc1OC(F)(F)F. The fraction of sp³-hybridized carbons (Fsp3) is 0.278. The zero-order valence-electron chi connectivity index (χ0n) is 14.9. The van der Waals surface area contributed by atoms with E-state index in [1.165, 1.54) is 36.2 Å². The quantitative estimate of drug-likeness (QED) is 0.617. The summed E-state index contributed by atoms with van der Waals surface area (Å²) in [5.74, 6) is -1.21. The van der Waals surface area contributed by atoms with Crippen LogP contribution in [0.3, 0.4) is 0 Å². The molecule has 0 spiro atoms. The van der Waals surface area contributed by atoms with Crippen LogP contribution in [0.4, 0.5) is 32.0 Å². The third-order valence-electron chi connectivity index (χ3n) is 3.61. The van der Waals surface area contributed by atoms with Crippen molar-refractivity contribution in [1.82, 2.24) is 4.90 Å². The molecule has 29 heavy (non-hydrogen) atoms. The summed E-state index contributed by atoms with van der Waals surface area (Å²) in [6, 6.07) is 8.27. The third kappa shape index (κ3) is 7.13. The molecule has 0 bridgehead atoms. The molecule has 0 radical (unpaired) electrons. The highest BCUT2D eigenvalue weighted by Crippen LogP contribution is 2.36. The van der Waals surface area contributed by atoms with Crippen molar-refractivity contribution in [3.05, 3.63) is 58.6 Å². The topological polar surface area (TPSA) is 41.6 Å². The zero-order valence-corrected chi connectivity index (χ0v) is 15.6. The number of alkyl halides is 6. The largest absolute Gasteiger partial charge is 0.573 e. The van der Waals surface area contributed by atoms with Crippen molar-refractivity contribution in [2.75, 3.05) is 18.9 Å². The molecule has 0 saturated heterocycles. The number of ether oxygens (including phenoxy) is 1. The summed E-state index contributed by atoms with van der Waals surface area (Å²) in [4.78, 5) is 13.5. The molecule has 2 aromatic rings. The summed E-state index contributed by atoms with van der Waals surface area (Å²) in [5, 5.41) is 2.00. The maximum absolute atomic E-state index is 13.1. The number of carbonyl (C=O) groups excluding carboxylic acids is 1. The van der Waals surface area contributed by atoms with Crippen molar-refractivity contribution < 1.29 is 35.9 Å². The van der Waals surface area contributed by atoms with Gasteiger partial charge in [-0.1, -0.05) is 29.8 Å². The molecule has 0 aromatic heterocycles. The van der Waals surface area contributed by atoms with Gasteiger partial charge in [0.15, 0.2) is 0 Å². The fourth-order valence-corrected chi connectivity index (χ4v) is 2.67. The summed E-state index contributed by atoms with van der Waals surface area (Å²) in [5.41, 5.74) is -1.42. The molecule has 11 heteroatoms. The molecule has 0 saturated carbocycles. The lowest BCUT2D eigenvalue weighted by atomic mass is 10.1. The molecule has 0 atom stereocenters. The standard InChI is InChI=1S/C18H15ClF6N2O2/c1-27(9-11-4-2-3-5-15(11)29-18(23,24)25)10-16(28)26-14-7-6-12(19)8-13(14)17(20,21)22/h2-8H,9-10H2,1H3,(H,26,28). The number of halogens is 7. The number of nitrogens with zero attached hydrogens (tertiary/aromatic N) is 1. The van der Waals surface area contributed by atoms with Crippen LogP contribution >= 0.6 is 11.6 Å². The highest BCUT2D eigenvalue weighted by Gasteiger charge is 2.34. The van der Waals surface area contributed by atoms with Gasteiger partial charge in [0.05, 0.1) is 17.8 Å². The van der Waals surface area contributed by atoms with Gasteiger partial charge in [-0.3, -0.25) is 9.69 Å². The van der Waals surface area contributed by atoms with E-state index in [2.05, 4.69) is 10.1 Å². The van der Waals surface area contributed by atoms with Gasteiger partial charge >= 0.3 is 12.5 Å². The number of hydrogen-bond donors (Lipinski definition) is 1. The molecule has 2 aromatic carbocycles. The van der Waals surface area contributed by atoms with Crippen molar-refractivity contribution in [2.45, 2.75) is 19.1 Å². The molecular formula is C18H15ClF6N2O2. The first-order valence-electron chi connectivity index (χ1n) is 8.04. The average molecular weight is 441 g/mol. The number of rotatable bonds is 6. The average Bonchev–Trinajstić information content (AvgIpc) is 2.56. The van der Waals surface area contributed by atoms with Crippen molar-refractivity contribution in [2.24, 2.45) is 0 Å². The van der Waals surface area contributed by atoms with Gasteiger partial charge in [-0.2, -0.15) is 13.2 Å². The normalized spacial score (nSPS) is 12.2. The van der Waals surface area contributed by atoms with E-state index >= 15 is 0 Å². The number of likely N-dealkylation sites (N-methyl/N-ethyl adjacent to an activating group) is 1. The molecule has 0 aliphatic rings. The van der Waals surface area contributed by atoms with E-state index in [1.807, 2.05) is 0 Å². The minimum absolute atomic E-state index is 0.105.